The van der Waals surface area contributed by atoms with E-state index in [1.807, 2.05) is 13.8 Å². The van der Waals surface area contributed by atoms with Gasteiger partial charge in [-0.1, -0.05) is 13.8 Å². The Morgan fingerprint density at radius 2 is 2.11 bits per heavy atom. The van der Waals surface area contributed by atoms with Crippen LogP contribution in [0.4, 0.5) is 10.1 Å². The van der Waals surface area contributed by atoms with Crippen molar-refractivity contribution in [3.63, 3.8) is 0 Å². The Hall–Kier alpha value is -1.14. The van der Waals surface area contributed by atoms with Crippen LogP contribution in [0.2, 0.25) is 0 Å². The molecule has 0 saturated carbocycles. The molecule has 0 fully saturated rings. The van der Waals surface area contributed by atoms with Crippen molar-refractivity contribution in [2.24, 2.45) is 5.92 Å². The molecule has 4 nitrogen and oxygen atoms in total. The van der Waals surface area contributed by atoms with Crippen LogP contribution in [-0.4, -0.2) is 25.8 Å². The minimum Gasteiger partial charge on any atom is -0.460 e. The zero-order chi connectivity index (χ0) is 14.4. The lowest BCUT2D eigenvalue weighted by Crippen LogP contribution is -2.13. The summed E-state index contributed by atoms with van der Waals surface area (Å²) in [5, 5.41) is 0. The lowest BCUT2D eigenvalue weighted by atomic mass is 10.2. The van der Waals surface area contributed by atoms with Gasteiger partial charge < -0.3 is 15.2 Å². The Kier molecular flexibility index (Phi) is 6.24. The van der Waals surface area contributed by atoms with Gasteiger partial charge in [0.15, 0.2) is 0 Å². The molecule has 106 valence electrons. The highest BCUT2D eigenvalue weighted by Gasteiger charge is 2.14. The van der Waals surface area contributed by atoms with E-state index < -0.39 is 11.8 Å². The minimum absolute atomic E-state index is 0.0915. The van der Waals surface area contributed by atoms with Gasteiger partial charge in [-0.2, -0.15) is 0 Å². The van der Waals surface area contributed by atoms with Crippen LogP contribution in [0, 0.1) is 11.7 Å². The van der Waals surface area contributed by atoms with Crippen molar-refractivity contribution in [2.45, 2.75) is 13.8 Å². The number of rotatable bonds is 6. The molecule has 19 heavy (non-hydrogen) atoms. The van der Waals surface area contributed by atoms with Gasteiger partial charge in [-0.25, -0.2) is 9.18 Å². The number of halogens is 2. The van der Waals surface area contributed by atoms with Gasteiger partial charge in [-0.15, -0.1) is 0 Å². The highest BCUT2D eigenvalue weighted by molar-refractivity contribution is 9.10. The van der Waals surface area contributed by atoms with E-state index in [0.717, 1.165) is 6.07 Å². The quantitative estimate of drug-likeness (QED) is 0.494. The van der Waals surface area contributed by atoms with Gasteiger partial charge in [-0.05, 0) is 34.0 Å². The van der Waals surface area contributed by atoms with Crippen LogP contribution in [0.25, 0.3) is 0 Å². The SMILES string of the molecule is CC(C)COCCOC(=O)c1cc(N)c(F)cc1Br. The van der Waals surface area contributed by atoms with Crippen LogP contribution in [0.1, 0.15) is 24.2 Å². The van der Waals surface area contributed by atoms with E-state index in [-0.39, 0.29) is 17.9 Å². The highest BCUT2D eigenvalue weighted by Crippen LogP contribution is 2.23. The van der Waals surface area contributed by atoms with Crippen molar-refractivity contribution in [2.75, 3.05) is 25.6 Å². The Labute approximate surface area is 120 Å². The third-order valence-electron chi connectivity index (χ3n) is 2.22. The first-order chi connectivity index (χ1) is 8.91. The fourth-order valence-corrected chi connectivity index (χ4v) is 1.79. The molecule has 6 heteroatoms. The summed E-state index contributed by atoms with van der Waals surface area (Å²) in [7, 11) is 0. The molecule has 0 aliphatic heterocycles. The summed E-state index contributed by atoms with van der Waals surface area (Å²) in [6, 6.07) is 2.39. The van der Waals surface area contributed by atoms with Crippen molar-refractivity contribution >= 4 is 27.6 Å². The number of esters is 1. The second kappa shape index (κ2) is 7.45. The molecule has 1 aromatic rings. The van der Waals surface area contributed by atoms with Gasteiger partial charge in [0.05, 0.1) is 17.9 Å². The average molecular weight is 334 g/mol. The summed E-state index contributed by atoms with van der Waals surface area (Å²) in [6.07, 6.45) is 0. The summed E-state index contributed by atoms with van der Waals surface area (Å²) >= 11 is 3.10. The number of nitrogens with two attached hydrogens (primary N) is 1. The van der Waals surface area contributed by atoms with Gasteiger partial charge in [0.25, 0.3) is 0 Å². The molecular formula is C13H17BrFNO3. The highest BCUT2D eigenvalue weighted by atomic mass is 79.9. The molecule has 0 heterocycles. The van der Waals surface area contributed by atoms with Crippen LogP contribution in [-0.2, 0) is 9.47 Å². The molecule has 0 aliphatic carbocycles. The molecule has 0 aliphatic rings. The fraction of sp³-hybridized carbons (Fsp3) is 0.462. The van der Waals surface area contributed by atoms with E-state index in [4.69, 9.17) is 15.2 Å². The Morgan fingerprint density at radius 1 is 1.42 bits per heavy atom. The molecule has 1 aromatic carbocycles. The van der Waals surface area contributed by atoms with E-state index in [0.29, 0.717) is 23.6 Å². The number of carbonyl (C=O) groups is 1. The molecule has 0 unspecified atom stereocenters. The van der Waals surface area contributed by atoms with Crippen molar-refractivity contribution in [3.8, 4) is 0 Å². The van der Waals surface area contributed by atoms with Gasteiger partial charge in [-0.3, -0.25) is 0 Å². The Balaban J connectivity index is 2.48. The number of nitrogen functional groups attached to an aromatic ring is 1. The number of ether oxygens (including phenoxy) is 2. The summed E-state index contributed by atoms with van der Waals surface area (Å²) in [5.41, 5.74) is 5.51. The molecule has 0 amide bonds. The van der Waals surface area contributed by atoms with Crippen molar-refractivity contribution < 1.29 is 18.7 Å². The van der Waals surface area contributed by atoms with Crippen molar-refractivity contribution in [3.05, 3.63) is 28.0 Å². The molecule has 0 bridgehead atoms. The van der Waals surface area contributed by atoms with Gasteiger partial charge in [0.2, 0.25) is 0 Å². The van der Waals surface area contributed by atoms with E-state index in [9.17, 15) is 9.18 Å². The first-order valence-corrected chi connectivity index (χ1v) is 6.70. The van der Waals surface area contributed by atoms with Crippen molar-refractivity contribution in [1.29, 1.82) is 0 Å². The zero-order valence-electron chi connectivity index (χ0n) is 10.9. The number of anilines is 1. The Bertz CT molecular complexity index is 452. The van der Waals surface area contributed by atoms with Gasteiger partial charge in [0, 0.05) is 11.1 Å². The third kappa shape index (κ3) is 5.16. The number of hydrogen-bond donors (Lipinski definition) is 1. The minimum atomic E-state index is -0.580. The molecule has 0 radical (unpaired) electrons. The molecule has 1 rings (SSSR count). The molecule has 0 atom stereocenters. The second-order valence-electron chi connectivity index (χ2n) is 4.46. The van der Waals surface area contributed by atoms with Crippen molar-refractivity contribution in [1.82, 2.24) is 0 Å². The largest absolute Gasteiger partial charge is 0.460 e. The standard InChI is InChI=1S/C13H17BrFNO3/c1-8(2)7-18-3-4-19-13(17)9-5-12(16)11(15)6-10(9)14/h5-6,8H,3-4,7,16H2,1-2H3. The predicted molar refractivity (Wildman–Crippen MR) is 74.5 cm³/mol. The monoisotopic (exact) mass is 333 g/mol. The lowest BCUT2D eigenvalue weighted by Gasteiger charge is -2.09. The van der Waals surface area contributed by atoms with E-state index in [1.165, 1.54) is 6.07 Å². The fourth-order valence-electron chi connectivity index (χ4n) is 1.31. The summed E-state index contributed by atoms with van der Waals surface area (Å²) in [4.78, 5) is 11.7. The molecule has 0 saturated heterocycles. The van der Waals surface area contributed by atoms with Crippen LogP contribution in [0.5, 0.6) is 0 Å². The molecule has 0 spiro atoms. The third-order valence-corrected chi connectivity index (χ3v) is 2.87. The first-order valence-electron chi connectivity index (χ1n) is 5.91. The van der Waals surface area contributed by atoms with Crippen LogP contribution in [0.15, 0.2) is 16.6 Å². The van der Waals surface area contributed by atoms with Crippen LogP contribution >= 0.6 is 15.9 Å². The second-order valence-corrected chi connectivity index (χ2v) is 5.31. The summed E-state index contributed by atoms with van der Waals surface area (Å²) < 4.78 is 23.7. The number of hydrogen-bond acceptors (Lipinski definition) is 4. The maximum atomic E-state index is 13.1. The zero-order valence-corrected chi connectivity index (χ0v) is 12.5. The van der Waals surface area contributed by atoms with Gasteiger partial charge in [0.1, 0.15) is 12.4 Å². The normalized spacial score (nSPS) is 10.8. The molecule has 0 aromatic heterocycles. The first kappa shape index (κ1) is 15.9. The molecular weight excluding hydrogens is 317 g/mol. The lowest BCUT2D eigenvalue weighted by molar-refractivity contribution is 0.0277. The van der Waals surface area contributed by atoms with E-state index in [2.05, 4.69) is 15.9 Å². The van der Waals surface area contributed by atoms with Crippen LogP contribution in [0.3, 0.4) is 0 Å². The number of carbonyl (C=O) groups excluding carboxylic acids is 1. The van der Waals surface area contributed by atoms with E-state index in [1.54, 1.807) is 0 Å². The van der Waals surface area contributed by atoms with E-state index >= 15 is 0 Å². The predicted octanol–water partition coefficient (Wildman–Crippen LogP) is 3.00. The van der Waals surface area contributed by atoms with Crippen LogP contribution < -0.4 is 5.73 Å². The smallest absolute Gasteiger partial charge is 0.339 e. The topological polar surface area (TPSA) is 61.5 Å². The summed E-state index contributed by atoms with van der Waals surface area (Å²) in [6.45, 7) is 5.16. The number of benzene rings is 1. The van der Waals surface area contributed by atoms with Gasteiger partial charge >= 0.3 is 5.97 Å². The maximum Gasteiger partial charge on any atom is 0.339 e. The average Bonchev–Trinajstić information content (AvgIpc) is 2.32. The summed E-state index contributed by atoms with van der Waals surface area (Å²) in [5.74, 6) is -0.711. The Morgan fingerprint density at radius 3 is 2.74 bits per heavy atom. The maximum absolute atomic E-state index is 13.1. The molecule has 2 N–H and O–H groups in total.